The summed E-state index contributed by atoms with van der Waals surface area (Å²) >= 11 is 0. The van der Waals surface area contributed by atoms with Gasteiger partial charge in [0.15, 0.2) is 9.84 Å². The zero-order valence-electron chi connectivity index (χ0n) is 12.7. The van der Waals surface area contributed by atoms with Crippen LogP contribution in [0.3, 0.4) is 0 Å². The Morgan fingerprint density at radius 3 is 2.55 bits per heavy atom. The summed E-state index contributed by atoms with van der Waals surface area (Å²) in [6.07, 6.45) is 1.03. The highest BCUT2D eigenvalue weighted by atomic mass is 32.2. The van der Waals surface area contributed by atoms with Gasteiger partial charge in [-0.15, -0.1) is 0 Å². The van der Waals surface area contributed by atoms with Crippen molar-refractivity contribution in [2.24, 2.45) is 0 Å². The number of amides is 1. The molecule has 0 bridgehead atoms. The van der Waals surface area contributed by atoms with Gasteiger partial charge in [0.25, 0.3) is 0 Å². The van der Waals surface area contributed by atoms with Crippen LogP contribution in [0.5, 0.6) is 0 Å². The number of rotatable bonds is 4. The summed E-state index contributed by atoms with van der Waals surface area (Å²) in [5.41, 5.74) is 0.205. The highest BCUT2D eigenvalue weighted by Gasteiger charge is 2.20. The van der Waals surface area contributed by atoms with E-state index in [0.717, 1.165) is 25.4 Å². The van der Waals surface area contributed by atoms with Crippen molar-refractivity contribution in [1.82, 2.24) is 10.2 Å². The lowest BCUT2D eigenvalue weighted by Gasteiger charge is -2.30. The van der Waals surface area contributed by atoms with Gasteiger partial charge < -0.3 is 15.1 Å². The summed E-state index contributed by atoms with van der Waals surface area (Å²) in [4.78, 5) is 15.3. The van der Waals surface area contributed by atoms with Gasteiger partial charge >= 0.3 is 0 Å². The van der Waals surface area contributed by atoms with Gasteiger partial charge in [0.2, 0.25) is 5.91 Å². The van der Waals surface area contributed by atoms with E-state index >= 15 is 0 Å². The Morgan fingerprint density at radius 2 is 2.00 bits per heavy atom. The largest absolute Gasteiger partial charge is 0.363 e. The fraction of sp³-hybridized carbons (Fsp3) is 0.500. The Hall–Kier alpha value is -1.67. The second-order valence-electron chi connectivity index (χ2n) is 5.37. The summed E-state index contributed by atoms with van der Waals surface area (Å²) in [5, 5.41) is 3.16. The number of benzene rings is 1. The number of nitrogens with zero attached hydrogens (tertiary/aromatic N) is 2. The predicted octanol–water partition coefficient (Wildman–Crippen LogP) is 0.0972. The van der Waals surface area contributed by atoms with E-state index in [1.807, 2.05) is 0 Å². The first kappa shape index (κ1) is 16.7. The molecule has 1 heterocycles. The molecule has 122 valence electrons. The molecular weight excluding hydrogens is 309 g/mol. The fourth-order valence-corrected chi connectivity index (χ4v) is 2.96. The zero-order valence-corrected chi connectivity index (χ0v) is 13.5. The summed E-state index contributed by atoms with van der Waals surface area (Å²) < 4.78 is 36.9. The van der Waals surface area contributed by atoms with Crippen molar-refractivity contribution in [3.05, 3.63) is 24.0 Å². The van der Waals surface area contributed by atoms with Crippen LogP contribution in [0.15, 0.2) is 23.1 Å². The number of sulfone groups is 1. The quantitative estimate of drug-likeness (QED) is 0.848. The Kier molecular flexibility index (Phi) is 5.02. The topological polar surface area (TPSA) is 69.7 Å². The van der Waals surface area contributed by atoms with E-state index in [9.17, 15) is 17.6 Å². The second-order valence-corrected chi connectivity index (χ2v) is 7.39. The van der Waals surface area contributed by atoms with E-state index in [0.29, 0.717) is 13.1 Å². The molecule has 1 N–H and O–H groups in total. The lowest BCUT2D eigenvalue weighted by Crippen LogP contribution is -2.49. The number of carbonyl (C=O) groups excluding carboxylic acids is 1. The standard InChI is InChI=1S/C14H20FN3O3S/c1-17(10-14(19)18-7-5-16-6-8-18)13-4-3-11(9-12(13)15)22(2,20)21/h3-4,9,16H,5-8,10H2,1-2H3. The maximum absolute atomic E-state index is 14.1. The molecule has 1 saturated heterocycles. The van der Waals surface area contributed by atoms with Crippen molar-refractivity contribution >= 4 is 21.4 Å². The van der Waals surface area contributed by atoms with E-state index < -0.39 is 15.7 Å². The van der Waals surface area contributed by atoms with E-state index in [1.165, 1.54) is 17.0 Å². The van der Waals surface area contributed by atoms with Gasteiger partial charge in [0.05, 0.1) is 17.1 Å². The van der Waals surface area contributed by atoms with E-state index in [1.54, 1.807) is 11.9 Å². The smallest absolute Gasteiger partial charge is 0.242 e. The van der Waals surface area contributed by atoms with Crippen LogP contribution in [-0.2, 0) is 14.6 Å². The number of likely N-dealkylation sites (N-methyl/N-ethyl adjacent to an activating group) is 1. The van der Waals surface area contributed by atoms with Gasteiger partial charge in [-0.1, -0.05) is 0 Å². The van der Waals surface area contributed by atoms with Crippen LogP contribution in [0, 0.1) is 5.82 Å². The molecule has 22 heavy (non-hydrogen) atoms. The molecule has 1 aromatic carbocycles. The molecule has 6 nitrogen and oxygen atoms in total. The number of piperazine rings is 1. The minimum Gasteiger partial charge on any atom is -0.363 e. The molecule has 1 aliphatic rings. The molecule has 8 heteroatoms. The number of hydrogen-bond donors (Lipinski definition) is 1. The van der Waals surface area contributed by atoms with Crippen molar-refractivity contribution in [2.45, 2.75) is 4.90 Å². The Labute approximate surface area is 129 Å². The number of carbonyl (C=O) groups is 1. The predicted molar refractivity (Wildman–Crippen MR) is 82.2 cm³/mol. The molecule has 1 fully saturated rings. The minimum absolute atomic E-state index is 0.0507. The van der Waals surface area contributed by atoms with Crippen LogP contribution >= 0.6 is 0 Å². The zero-order chi connectivity index (χ0) is 16.3. The van der Waals surface area contributed by atoms with Gasteiger partial charge in [-0.25, -0.2) is 12.8 Å². The lowest BCUT2D eigenvalue weighted by atomic mass is 10.2. The average molecular weight is 329 g/mol. The molecule has 0 unspecified atom stereocenters. The molecule has 2 rings (SSSR count). The highest BCUT2D eigenvalue weighted by molar-refractivity contribution is 7.90. The van der Waals surface area contributed by atoms with Crippen LogP contribution < -0.4 is 10.2 Å². The third-order valence-electron chi connectivity index (χ3n) is 3.60. The molecule has 1 amide bonds. The maximum Gasteiger partial charge on any atom is 0.242 e. The molecule has 1 aliphatic heterocycles. The third-order valence-corrected chi connectivity index (χ3v) is 4.71. The van der Waals surface area contributed by atoms with Gasteiger partial charge in [0.1, 0.15) is 5.82 Å². The second kappa shape index (κ2) is 6.62. The van der Waals surface area contributed by atoms with Crippen molar-refractivity contribution in [2.75, 3.05) is 50.9 Å². The Bertz CT molecular complexity index is 657. The highest BCUT2D eigenvalue weighted by Crippen LogP contribution is 2.21. The maximum atomic E-state index is 14.1. The first-order valence-electron chi connectivity index (χ1n) is 6.98. The lowest BCUT2D eigenvalue weighted by molar-refractivity contribution is -0.130. The Balaban J connectivity index is 2.09. The van der Waals surface area contributed by atoms with Crippen molar-refractivity contribution in [3.63, 3.8) is 0 Å². The molecular formula is C14H20FN3O3S. The third kappa shape index (κ3) is 3.95. The van der Waals surface area contributed by atoms with Crippen LogP contribution in [0.2, 0.25) is 0 Å². The van der Waals surface area contributed by atoms with Crippen LogP contribution in [0.25, 0.3) is 0 Å². The summed E-state index contributed by atoms with van der Waals surface area (Å²) in [6.45, 7) is 2.85. The van der Waals surface area contributed by atoms with Crippen molar-refractivity contribution in [3.8, 4) is 0 Å². The van der Waals surface area contributed by atoms with Crippen molar-refractivity contribution < 1.29 is 17.6 Å². The van der Waals surface area contributed by atoms with E-state index in [4.69, 9.17) is 0 Å². The Morgan fingerprint density at radius 1 is 1.36 bits per heavy atom. The number of anilines is 1. The first-order chi connectivity index (χ1) is 10.3. The minimum atomic E-state index is -3.45. The summed E-state index contributed by atoms with van der Waals surface area (Å²) in [5.74, 6) is -0.728. The number of hydrogen-bond acceptors (Lipinski definition) is 5. The normalized spacial score (nSPS) is 15.7. The van der Waals surface area contributed by atoms with Crippen molar-refractivity contribution in [1.29, 1.82) is 0 Å². The number of nitrogens with one attached hydrogen (secondary N) is 1. The average Bonchev–Trinajstić information content (AvgIpc) is 2.46. The molecule has 1 aromatic rings. The van der Waals surface area contributed by atoms with Gasteiger partial charge in [-0.2, -0.15) is 0 Å². The number of halogens is 1. The van der Waals surface area contributed by atoms with Crippen LogP contribution in [-0.4, -0.2) is 65.3 Å². The van der Waals surface area contributed by atoms with Crippen LogP contribution in [0.4, 0.5) is 10.1 Å². The van der Waals surface area contributed by atoms with Gasteiger partial charge in [0, 0.05) is 39.5 Å². The van der Waals surface area contributed by atoms with Gasteiger partial charge in [-0.05, 0) is 18.2 Å². The van der Waals surface area contributed by atoms with Gasteiger partial charge in [-0.3, -0.25) is 4.79 Å². The summed E-state index contributed by atoms with van der Waals surface area (Å²) in [7, 11) is -1.84. The molecule has 0 radical (unpaired) electrons. The van der Waals surface area contributed by atoms with E-state index in [-0.39, 0.29) is 23.0 Å². The van der Waals surface area contributed by atoms with E-state index in [2.05, 4.69) is 5.32 Å². The molecule has 0 spiro atoms. The first-order valence-corrected chi connectivity index (χ1v) is 8.87. The SMILES string of the molecule is CN(CC(=O)N1CCNCC1)c1ccc(S(C)(=O)=O)cc1F. The molecule has 0 aromatic heterocycles. The fourth-order valence-electron chi connectivity index (χ4n) is 2.33. The summed E-state index contributed by atoms with van der Waals surface area (Å²) in [6, 6.07) is 3.72. The molecule has 0 atom stereocenters. The van der Waals surface area contributed by atoms with Crippen LogP contribution in [0.1, 0.15) is 0 Å². The molecule has 0 aliphatic carbocycles. The molecule has 0 saturated carbocycles. The monoisotopic (exact) mass is 329 g/mol.